The van der Waals surface area contributed by atoms with Crippen LogP contribution >= 0.6 is 22.6 Å². The predicted molar refractivity (Wildman–Crippen MR) is 58.3 cm³/mol. The second kappa shape index (κ2) is 2.87. The summed E-state index contributed by atoms with van der Waals surface area (Å²) in [7, 11) is 0. The molecule has 66 valence electrons. The van der Waals surface area contributed by atoms with Crippen LogP contribution in [0.4, 0.5) is 0 Å². The van der Waals surface area contributed by atoms with Gasteiger partial charge in [0.1, 0.15) is 0 Å². The van der Waals surface area contributed by atoms with Crippen molar-refractivity contribution in [2.24, 2.45) is 0 Å². The molecule has 0 aromatic carbocycles. The molecule has 1 N–H and O–H groups in total. The fourth-order valence-electron chi connectivity index (χ4n) is 2.20. The molecule has 0 aromatic heterocycles. The van der Waals surface area contributed by atoms with Crippen LogP contribution in [0.15, 0.2) is 0 Å². The van der Waals surface area contributed by atoms with Crippen molar-refractivity contribution in [3.8, 4) is 0 Å². The molecule has 0 bridgehead atoms. The Morgan fingerprint density at radius 1 is 1.09 bits per heavy atom. The van der Waals surface area contributed by atoms with E-state index >= 15 is 0 Å². The second-order valence-electron chi connectivity index (χ2n) is 4.90. The van der Waals surface area contributed by atoms with E-state index in [0.29, 0.717) is 11.1 Å². The molecule has 1 nitrogen and oxygen atoms in total. The van der Waals surface area contributed by atoms with Crippen LogP contribution in [0, 0.1) is 0 Å². The molecule has 1 fully saturated rings. The van der Waals surface area contributed by atoms with Crippen LogP contribution in [0.5, 0.6) is 0 Å². The van der Waals surface area contributed by atoms with Crippen LogP contribution < -0.4 is 5.32 Å². The lowest BCUT2D eigenvalue weighted by molar-refractivity contribution is 0.193. The minimum Gasteiger partial charge on any atom is -0.307 e. The summed E-state index contributed by atoms with van der Waals surface area (Å²) >= 11 is 2.57. The summed E-state index contributed by atoms with van der Waals surface area (Å²) < 4.78 is 0.832. The zero-order valence-electron chi connectivity index (χ0n) is 7.87. The summed E-state index contributed by atoms with van der Waals surface area (Å²) in [6.45, 7) is 9.16. The summed E-state index contributed by atoms with van der Waals surface area (Å²) in [5.74, 6) is 0. The van der Waals surface area contributed by atoms with Crippen LogP contribution in [0.3, 0.4) is 0 Å². The van der Waals surface area contributed by atoms with Gasteiger partial charge in [-0.3, -0.25) is 0 Å². The summed E-state index contributed by atoms with van der Waals surface area (Å²) in [5, 5.41) is 3.66. The van der Waals surface area contributed by atoms with E-state index in [9.17, 15) is 0 Å². The topological polar surface area (TPSA) is 12.0 Å². The molecule has 0 radical (unpaired) electrons. The molecule has 0 aliphatic carbocycles. The lowest BCUT2D eigenvalue weighted by Crippen LogP contribution is -2.58. The number of hydrogen-bond acceptors (Lipinski definition) is 1. The fourth-order valence-corrected chi connectivity index (χ4v) is 4.40. The molecule has 2 heteroatoms. The first kappa shape index (κ1) is 9.78. The maximum atomic E-state index is 3.66. The van der Waals surface area contributed by atoms with E-state index in [-0.39, 0.29) is 0 Å². The number of nitrogens with one attached hydrogen (secondary N) is 1. The lowest BCUT2D eigenvalue weighted by atomic mass is 9.83. The average Bonchev–Trinajstić information content (AvgIpc) is 1.49. The minimum absolute atomic E-state index is 0.327. The first-order valence-corrected chi connectivity index (χ1v) is 5.49. The van der Waals surface area contributed by atoms with Crippen molar-refractivity contribution in [2.75, 3.05) is 0 Å². The van der Waals surface area contributed by atoms with Crippen molar-refractivity contribution in [3.05, 3.63) is 0 Å². The zero-order chi connectivity index (χ0) is 8.70. The third-order valence-electron chi connectivity index (χ3n) is 2.14. The second-order valence-corrected chi connectivity index (χ2v) is 6.66. The Bertz CT molecular complexity index is 136. The molecule has 0 atom stereocenters. The molecule has 0 unspecified atom stereocenters. The smallest absolute Gasteiger partial charge is 0.0144 e. The Morgan fingerprint density at radius 2 is 1.45 bits per heavy atom. The molecule has 1 rings (SSSR count). The Kier molecular flexibility index (Phi) is 2.55. The van der Waals surface area contributed by atoms with Gasteiger partial charge in [0.2, 0.25) is 0 Å². The van der Waals surface area contributed by atoms with Gasteiger partial charge in [-0.25, -0.2) is 0 Å². The van der Waals surface area contributed by atoms with Gasteiger partial charge in [0.05, 0.1) is 0 Å². The van der Waals surface area contributed by atoms with Gasteiger partial charge in [-0.2, -0.15) is 0 Å². The van der Waals surface area contributed by atoms with E-state index in [1.807, 2.05) is 0 Å². The molecule has 1 aliphatic rings. The van der Waals surface area contributed by atoms with Crippen molar-refractivity contribution >= 4 is 22.6 Å². The van der Waals surface area contributed by atoms with Gasteiger partial charge >= 0.3 is 0 Å². The highest BCUT2D eigenvalue weighted by Crippen LogP contribution is 2.32. The molecule has 0 spiro atoms. The lowest BCUT2D eigenvalue weighted by Gasteiger charge is -2.45. The van der Waals surface area contributed by atoms with E-state index in [2.05, 4.69) is 55.6 Å². The Balaban J connectivity index is 2.66. The van der Waals surface area contributed by atoms with Gasteiger partial charge in [-0.15, -0.1) is 0 Å². The van der Waals surface area contributed by atoms with Gasteiger partial charge < -0.3 is 5.32 Å². The van der Waals surface area contributed by atoms with Gasteiger partial charge in [0.15, 0.2) is 0 Å². The predicted octanol–water partition coefficient (Wildman–Crippen LogP) is 2.73. The first-order valence-electron chi connectivity index (χ1n) is 4.24. The zero-order valence-corrected chi connectivity index (χ0v) is 10.0. The van der Waals surface area contributed by atoms with E-state index < -0.39 is 0 Å². The highest BCUT2D eigenvalue weighted by atomic mass is 127. The van der Waals surface area contributed by atoms with Crippen molar-refractivity contribution in [2.45, 2.75) is 55.5 Å². The van der Waals surface area contributed by atoms with Crippen LogP contribution in [-0.4, -0.2) is 15.0 Å². The number of alkyl halides is 1. The van der Waals surface area contributed by atoms with E-state index in [4.69, 9.17) is 0 Å². The van der Waals surface area contributed by atoms with Gasteiger partial charge in [-0.05, 0) is 40.5 Å². The maximum Gasteiger partial charge on any atom is 0.0144 e. The normalized spacial score (nSPS) is 30.3. The molecule has 1 heterocycles. The number of hydrogen-bond donors (Lipinski definition) is 1. The molecule has 1 aliphatic heterocycles. The number of halogens is 1. The standard InChI is InChI=1S/C9H18IN/c1-8(2)5-7(10)6-9(3,4)11-8/h7,11H,5-6H2,1-4H3. The first-order chi connectivity index (χ1) is 4.81. The number of rotatable bonds is 0. The minimum atomic E-state index is 0.327. The van der Waals surface area contributed by atoms with Crippen LogP contribution in [0.1, 0.15) is 40.5 Å². The third kappa shape index (κ3) is 2.90. The summed E-state index contributed by atoms with van der Waals surface area (Å²) in [6, 6.07) is 0. The van der Waals surface area contributed by atoms with Crippen LogP contribution in [0.25, 0.3) is 0 Å². The molecule has 0 saturated carbocycles. The van der Waals surface area contributed by atoms with E-state index in [1.54, 1.807) is 0 Å². The molecular formula is C9H18IN. The van der Waals surface area contributed by atoms with Gasteiger partial charge in [0.25, 0.3) is 0 Å². The highest BCUT2D eigenvalue weighted by Gasteiger charge is 2.36. The monoisotopic (exact) mass is 267 g/mol. The van der Waals surface area contributed by atoms with Crippen LogP contribution in [-0.2, 0) is 0 Å². The molecule has 0 aromatic rings. The summed E-state index contributed by atoms with van der Waals surface area (Å²) in [5.41, 5.74) is 0.654. The van der Waals surface area contributed by atoms with Crippen molar-refractivity contribution in [1.82, 2.24) is 5.32 Å². The molecular weight excluding hydrogens is 249 g/mol. The summed E-state index contributed by atoms with van der Waals surface area (Å²) in [4.78, 5) is 0. The van der Waals surface area contributed by atoms with Crippen molar-refractivity contribution < 1.29 is 0 Å². The Labute approximate surface area is 83.5 Å². The fraction of sp³-hybridized carbons (Fsp3) is 1.00. The Hall–Kier alpha value is 0.690. The van der Waals surface area contributed by atoms with E-state index in [1.165, 1.54) is 12.8 Å². The van der Waals surface area contributed by atoms with Crippen LogP contribution in [0.2, 0.25) is 0 Å². The maximum absolute atomic E-state index is 3.66. The van der Waals surface area contributed by atoms with E-state index in [0.717, 1.165) is 3.92 Å². The third-order valence-corrected chi connectivity index (χ3v) is 3.02. The molecule has 11 heavy (non-hydrogen) atoms. The molecule has 1 saturated heterocycles. The van der Waals surface area contributed by atoms with Crippen molar-refractivity contribution in [1.29, 1.82) is 0 Å². The Morgan fingerprint density at radius 3 is 1.73 bits per heavy atom. The summed E-state index contributed by atoms with van der Waals surface area (Å²) in [6.07, 6.45) is 2.58. The van der Waals surface area contributed by atoms with Gasteiger partial charge in [-0.1, -0.05) is 22.6 Å². The largest absolute Gasteiger partial charge is 0.307 e. The van der Waals surface area contributed by atoms with Gasteiger partial charge in [0, 0.05) is 15.0 Å². The SMILES string of the molecule is CC1(C)CC(I)CC(C)(C)N1. The average molecular weight is 267 g/mol. The molecule has 0 amide bonds. The number of piperidine rings is 1. The highest BCUT2D eigenvalue weighted by molar-refractivity contribution is 14.1. The quantitative estimate of drug-likeness (QED) is 0.525. The van der Waals surface area contributed by atoms with Crippen molar-refractivity contribution in [3.63, 3.8) is 0 Å².